The van der Waals surface area contributed by atoms with Crippen molar-refractivity contribution < 1.29 is 13.2 Å². The van der Waals surface area contributed by atoms with E-state index >= 15 is 0 Å². The predicted octanol–water partition coefficient (Wildman–Crippen LogP) is 2.42. The van der Waals surface area contributed by atoms with Crippen molar-refractivity contribution in [3.05, 3.63) is 58.2 Å². The van der Waals surface area contributed by atoms with Gasteiger partial charge in [0.05, 0.1) is 0 Å². The highest BCUT2D eigenvalue weighted by Crippen LogP contribution is 2.34. The van der Waals surface area contributed by atoms with E-state index in [4.69, 9.17) is 9.88 Å². The summed E-state index contributed by atoms with van der Waals surface area (Å²) >= 11 is 1.08. The number of primary sulfonamides is 1. The summed E-state index contributed by atoms with van der Waals surface area (Å²) in [5.41, 5.74) is 1.22. The van der Waals surface area contributed by atoms with Gasteiger partial charge >= 0.3 is 0 Å². The Balaban J connectivity index is 2.12. The standard InChI is InChI=1S/C18H27N3O3S2/c1-4-6-16(13-15(3)21-9-5-7-20-8-10-21)24-17-11-14(2)12-18(25-17)26(19,22)23/h4,6,11-13,17,20H,3,5,7-10H2,1-2H3,(H2,19,22,23)/b6-4-,16-13+. The lowest BCUT2D eigenvalue weighted by molar-refractivity contribution is 0.232. The summed E-state index contributed by atoms with van der Waals surface area (Å²) < 4.78 is 29.4. The number of hydrogen-bond donors (Lipinski definition) is 2. The zero-order chi connectivity index (χ0) is 19.2. The fraction of sp³-hybridized carbons (Fsp3) is 0.444. The SMILES string of the molecule is C=C(/C=C(\C=C/C)OC1C=C(C)C=C(S(N)(=O)=O)S1)N1CCCNCC1. The summed E-state index contributed by atoms with van der Waals surface area (Å²) in [7, 11) is -3.75. The van der Waals surface area contributed by atoms with Crippen LogP contribution in [0.1, 0.15) is 20.3 Å². The maximum atomic E-state index is 11.7. The van der Waals surface area contributed by atoms with E-state index in [1.54, 1.807) is 6.08 Å². The van der Waals surface area contributed by atoms with Gasteiger partial charge in [0.15, 0.2) is 5.44 Å². The van der Waals surface area contributed by atoms with Gasteiger partial charge in [-0.25, -0.2) is 13.6 Å². The van der Waals surface area contributed by atoms with Gasteiger partial charge in [-0.2, -0.15) is 0 Å². The van der Waals surface area contributed by atoms with Gasteiger partial charge in [0.25, 0.3) is 0 Å². The Labute approximate surface area is 160 Å². The molecule has 0 aromatic heterocycles. The Kier molecular flexibility index (Phi) is 7.57. The summed E-state index contributed by atoms with van der Waals surface area (Å²) in [6.07, 6.45) is 10.1. The van der Waals surface area contributed by atoms with Gasteiger partial charge in [-0.3, -0.25) is 0 Å². The fourth-order valence-electron chi connectivity index (χ4n) is 2.65. The number of nitrogens with zero attached hydrogens (tertiary/aromatic N) is 1. The van der Waals surface area contributed by atoms with Gasteiger partial charge < -0.3 is 15.0 Å². The van der Waals surface area contributed by atoms with Crippen LogP contribution in [0, 0.1) is 0 Å². The summed E-state index contributed by atoms with van der Waals surface area (Å²) in [4.78, 5) is 2.22. The molecule has 0 aromatic carbocycles. The third kappa shape index (κ3) is 6.35. The van der Waals surface area contributed by atoms with Crippen LogP contribution in [0.15, 0.2) is 58.2 Å². The van der Waals surface area contributed by atoms with Crippen LogP contribution in [0.2, 0.25) is 0 Å². The maximum Gasteiger partial charge on any atom is 0.244 e. The lowest BCUT2D eigenvalue weighted by Gasteiger charge is -2.24. The monoisotopic (exact) mass is 397 g/mol. The average molecular weight is 398 g/mol. The number of nitrogens with one attached hydrogen (secondary N) is 1. The molecule has 0 aliphatic carbocycles. The lowest BCUT2D eigenvalue weighted by Crippen LogP contribution is -2.26. The third-order valence-corrected chi connectivity index (χ3v) is 6.37. The second kappa shape index (κ2) is 9.45. The second-order valence-electron chi connectivity index (χ2n) is 6.15. The minimum Gasteiger partial charge on any atom is -0.475 e. The highest BCUT2D eigenvalue weighted by molar-refractivity contribution is 8.18. The number of allylic oxidation sites excluding steroid dienone is 5. The summed E-state index contributed by atoms with van der Waals surface area (Å²) in [6.45, 7) is 11.7. The first-order chi connectivity index (χ1) is 12.3. The van der Waals surface area contributed by atoms with Gasteiger partial charge in [0.1, 0.15) is 10.00 Å². The van der Waals surface area contributed by atoms with Crippen molar-refractivity contribution in [1.82, 2.24) is 10.2 Å². The quantitative estimate of drug-likeness (QED) is 0.529. The molecule has 1 atom stereocenters. The van der Waals surface area contributed by atoms with Crippen LogP contribution in [0.25, 0.3) is 0 Å². The predicted molar refractivity (Wildman–Crippen MR) is 109 cm³/mol. The van der Waals surface area contributed by atoms with Gasteiger partial charge in [0.2, 0.25) is 10.0 Å². The Morgan fingerprint density at radius 3 is 2.92 bits per heavy atom. The first-order valence-corrected chi connectivity index (χ1v) is 11.0. The number of ether oxygens (including phenoxy) is 1. The minimum absolute atomic E-state index is 0.111. The Morgan fingerprint density at radius 2 is 2.23 bits per heavy atom. The molecule has 2 rings (SSSR count). The molecule has 2 aliphatic heterocycles. The highest BCUT2D eigenvalue weighted by Gasteiger charge is 2.23. The molecule has 3 N–H and O–H groups in total. The van der Waals surface area contributed by atoms with Crippen molar-refractivity contribution in [2.45, 2.75) is 25.7 Å². The molecule has 0 saturated carbocycles. The van der Waals surface area contributed by atoms with Crippen molar-refractivity contribution >= 4 is 21.8 Å². The molecule has 26 heavy (non-hydrogen) atoms. The van der Waals surface area contributed by atoms with E-state index in [1.165, 1.54) is 0 Å². The van der Waals surface area contributed by atoms with E-state index in [0.29, 0.717) is 5.76 Å². The largest absolute Gasteiger partial charge is 0.475 e. The van der Waals surface area contributed by atoms with Gasteiger partial charge in [-0.15, -0.1) is 0 Å². The normalized spacial score (nSPS) is 22.7. The molecular formula is C18H27N3O3S2. The number of hydrogen-bond acceptors (Lipinski definition) is 6. The van der Waals surface area contributed by atoms with Gasteiger partial charge in [-0.05, 0) is 50.6 Å². The minimum atomic E-state index is -3.75. The molecular weight excluding hydrogens is 370 g/mol. The van der Waals surface area contributed by atoms with E-state index in [-0.39, 0.29) is 4.24 Å². The third-order valence-electron chi connectivity index (χ3n) is 3.90. The molecule has 144 valence electrons. The lowest BCUT2D eigenvalue weighted by atomic mass is 10.2. The number of thioether (sulfide) groups is 1. The van der Waals surface area contributed by atoms with Crippen molar-refractivity contribution in [2.75, 3.05) is 26.2 Å². The molecule has 0 bridgehead atoms. The van der Waals surface area contributed by atoms with E-state index in [1.807, 2.05) is 38.2 Å². The Hall–Kier alpha value is -1.48. The fourth-order valence-corrected chi connectivity index (χ4v) is 4.74. The van der Waals surface area contributed by atoms with Crippen molar-refractivity contribution in [3.63, 3.8) is 0 Å². The summed E-state index contributed by atoms with van der Waals surface area (Å²) in [5.74, 6) is 0.631. The molecule has 0 radical (unpaired) electrons. The van der Waals surface area contributed by atoms with Crippen molar-refractivity contribution in [1.29, 1.82) is 0 Å². The van der Waals surface area contributed by atoms with Crippen LogP contribution in [0.4, 0.5) is 0 Å². The topological polar surface area (TPSA) is 84.7 Å². The zero-order valence-corrected chi connectivity index (χ0v) is 16.9. The molecule has 0 aromatic rings. The van der Waals surface area contributed by atoms with E-state index in [2.05, 4.69) is 16.8 Å². The molecule has 0 spiro atoms. The van der Waals surface area contributed by atoms with Crippen LogP contribution >= 0.6 is 11.8 Å². The van der Waals surface area contributed by atoms with Crippen LogP contribution in [-0.2, 0) is 14.8 Å². The number of rotatable bonds is 6. The smallest absolute Gasteiger partial charge is 0.244 e. The van der Waals surface area contributed by atoms with Gasteiger partial charge in [0, 0.05) is 31.4 Å². The molecule has 8 heteroatoms. The molecule has 0 amide bonds. The van der Waals surface area contributed by atoms with Crippen LogP contribution < -0.4 is 10.5 Å². The number of nitrogens with two attached hydrogens (primary N) is 1. The maximum absolute atomic E-state index is 11.7. The molecule has 1 fully saturated rings. The van der Waals surface area contributed by atoms with E-state index in [0.717, 1.165) is 55.6 Å². The zero-order valence-electron chi connectivity index (χ0n) is 15.3. The van der Waals surface area contributed by atoms with Crippen LogP contribution in [0.3, 0.4) is 0 Å². The van der Waals surface area contributed by atoms with Gasteiger partial charge in [-0.1, -0.05) is 24.4 Å². The molecule has 2 heterocycles. The molecule has 2 aliphatic rings. The highest BCUT2D eigenvalue weighted by atomic mass is 32.3. The Bertz CT molecular complexity index is 744. The molecule has 1 saturated heterocycles. The second-order valence-corrected chi connectivity index (χ2v) is 9.08. The molecule has 1 unspecified atom stereocenters. The molecule has 6 nitrogen and oxygen atoms in total. The van der Waals surface area contributed by atoms with E-state index in [9.17, 15) is 8.42 Å². The Morgan fingerprint density at radius 1 is 1.46 bits per heavy atom. The van der Waals surface area contributed by atoms with E-state index < -0.39 is 15.5 Å². The number of sulfonamides is 1. The first kappa shape index (κ1) is 20.8. The first-order valence-electron chi connectivity index (χ1n) is 8.55. The summed E-state index contributed by atoms with van der Waals surface area (Å²) in [5, 5.41) is 8.63. The van der Waals surface area contributed by atoms with Crippen molar-refractivity contribution in [2.24, 2.45) is 5.14 Å². The van der Waals surface area contributed by atoms with Crippen LogP contribution in [-0.4, -0.2) is 44.9 Å². The average Bonchev–Trinajstić information content (AvgIpc) is 2.83. The summed E-state index contributed by atoms with van der Waals surface area (Å²) in [6, 6.07) is 0. The van der Waals surface area contributed by atoms with Crippen molar-refractivity contribution in [3.8, 4) is 0 Å². The van der Waals surface area contributed by atoms with Crippen LogP contribution in [0.5, 0.6) is 0 Å².